The fraction of sp³-hybridized carbons (Fsp3) is 0.364. The van der Waals surface area contributed by atoms with Crippen molar-refractivity contribution in [3.8, 4) is 6.07 Å². The first-order valence-corrected chi connectivity index (χ1v) is 5.78. The van der Waals surface area contributed by atoms with Crippen LogP contribution >= 0.6 is 11.8 Å². The first kappa shape index (κ1) is 13.7. The van der Waals surface area contributed by atoms with Crippen molar-refractivity contribution < 1.29 is 13.2 Å². The van der Waals surface area contributed by atoms with E-state index in [9.17, 15) is 13.2 Å². The van der Waals surface area contributed by atoms with Crippen LogP contribution in [0.4, 0.5) is 18.9 Å². The third kappa shape index (κ3) is 3.86. The molecule has 0 radical (unpaired) electrons. The van der Waals surface area contributed by atoms with Gasteiger partial charge >= 0.3 is 6.18 Å². The smallest absolute Gasteiger partial charge is 0.399 e. The molecule has 1 atom stereocenters. The summed E-state index contributed by atoms with van der Waals surface area (Å²) < 4.78 is 37.0. The van der Waals surface area contributed by atoms with E-state index < -0.39 is 12.1 Å². The van der Waals surface area contributed by atoms with Gasteiger partial charge in [-0.05, 0) is 30.7 Å². The Labute approximate surface area is 102 Å². The van der Waals surface area contributed by atoms with Crippen LogP contribution in [0, 0.1) is 24.2 Å². The summed E-state index contributed by atoms with van der Waals surface area (Å²) in [5, 5.41) is 8.45. The molecule has 17 heavy (non-hydrogen) atoms. The van der Waals surface area contributed by atoms with Crippen molar-refractivity contribution in [2.45, 2.75) is 18.0 Å². The van der Waals surface area contributed by atoms with Crippen molar-refractivity contribution in [1.82, 2.24) is 0 Å². The van der Waals surface area contributed by atoms with Crippen LogP contribution in [0.2, 0.25) is 0 Å². The highest BCUT2D eigenvalue weighted by molar-refractivity contribution is 7.99. The van der Waals surface area contributed by atoms with Crippen molar-refractivity contribution in [3.63, 3.8) is 0 Å². The molecule has 1 rings (SSSR count). The van der Waals surface area contributed by atoms with Crippen LogP contribution in [0.1, 0.15) is 5.56 Å². The molecule has 0 aromatic heterocycles. The van der Waals surface area contributed by atoms with Gasteiger partial charge in [-0.3, -0.25) is 0 Å². The number of hydrogen-bond donors (Lipinski definition) is 1. The van der Waals surface area contributed by atoms with E-state index in [0.717, 1.165) is 17.3 Å². The molecule has 92 valence electrons. The van der Waals surface area contributed by atoms with Gasteiger partial charge in [0.25, 0.3) is 0 Å². The molecule has 0 spiro atoms. The van der Waals surface area contributed by atoms with E-state index in [0.29, 0.717) is 10.6 Å². The number of nitrogen functional groups attached to an aromatic ring is 1. The van der Waals surface area contributed by atoms with Gasteiger partial charge in [-0.25, -0.2) is 0 Å². The van der Waals surface area contributed by atoms with E-state index in [2.05, 4.69) is 0 Å². The zero-order valence-electron chi connectivity index (χ0n) is 9.08. The lowest BCUT2D eigenvalue weighted by Crippen LogP contribution is -2.23. The molecule has 0 fully saturated rings. The van der Waals surface area contributed by atoms with Crippen LogP contribution in [-0.2, 0) is 0 Å². The van der Waals surface area contributed by atoms with Gasteiger partial charge in [0.1, 0.15) is 0 Å². The van der Waals surface area contributed by atoms with Crippen LogP contribution in [0.5, 0.6) is 0 Å². The third-order valence-electron chi connectivity index (χ3n) is 2.16. The molecule has 6 heteroatoms. The van der Waals surface area contributed by atoms with E-state index >= 15 is 0 Å². The van der Waals surface area contributed by atoms with E-state index in [-0.39, 0.29) is 5.75 Å². The van der Waals surface area contributed by atoms with E-state index in [1.165, 1.54) is 6.07 Å². The highest BCUT2D eigenvalue weighted by Gasteiger charge is 2.39. The lowest BCUT2D eigenvalue weighted by atomic mass is 10.2. The second kappa shape index (κ2) is 5.32. The van der Waals surface area contributed by atoms with E-state index in [1.54, 1.807) is 25.1 Å². The standard InChI is InChI=1S/C11H11F3N2S/c1-7-4-9(16)2-3-10(7)17-6-8(5-15)11(12,13)14/h2-4,8H,6,16H2,1H3. The maximum Gasteiger partial charge on any atom is 0.405 e. The Balaban J connectivity index is 2.71. The normalized spacial score (nSPS) is 13.1. The van der Waals surface area contributed by atoms with Gasteiger partial charge in [-0.15, -0.1) is 11.8 Å². The van der Waals surface area contributed by atoms with Gasteiger partial charge in [0.05, 0.1) is 6.07 Å². The van der Waals surface area contributed by atoms with E-state index in [4.69, 9.17) is 11.0 Å². The van der Waals surface area contributed by atoms with Crippen molar-refractivity contribution in [3.05, 3.63) is 23.8 Å². The molecular weight excluding hydrogens is 249 g/mol. The highest BCUT2D eigenvalue weighted by atomic mass is 32.2. The Morgan fingerprint density at radius 3 is 2.59 bits per heavy atom. The van der Waals surface area contributed by atoms with E-state index in [1.807, 2.05) is 0 Å². The molecular formula is C11H11F3N2S. The molecule has 1 unspecified atom stereocenters. The SMILES string of the molecule is Cc1cc(N)ccc1SCC(C#N)C(F)(F)F. The van der Waals surface area contributed by atoms with Crippen LogP contribution in [0.3, 0.4) is 0 Å². The first-order valence-electron chi connectivity index (χ1n) is 4.80. The second-order valence-corrected chi connectivity index (χ2v) is 4.62. The van der Waals surface area contributed by atoms with Gasteiger partial charge in [-0.1, -0.05) is 0 Å². The number of aryl methyl sites for hydroxylation is 1. The van der Waals surface area contributed by atoms with Gasteiger partial charge < -0.3 is 5.73 Å². The Morgan fingerprint density at radius 1 is 1.47 bits per heavy atom. The molecule has 0 aliphatic heterocycles. The number of nitrogens with zero attached hydrogens (tertiary/aromatic N) is 1. The number of alkyl halides is 3. The summed E-state index contributed by atoms with van der Waals surface area (Å²) >= 11 is 1.02. The number of halogens is 3. The van der Waals surface area contributed by atoms with Gasteiger partial charge in [0.2, 0.25) is 0 Å². The molecule has 0 saturated heterocycles. The van der Waals surface area contributed by atoms with Crippen LogP contribution in [0.25, 0.3) is 0 Å². The quantitative estimate of drug-likeness (QED) is 0.669. The van der Waals surface area contributed by atoms with Crippen molar-refractivity contribution in [2.75, 3.05) is 11.5 Å². The minimum Gasteiger partial charge on any atom is -0.399 e. The van der Waals surface area contributed by atoms with Gasteiger partial charge in [0, 0.05) is 16.3 Å². The lowest BCUT2D eigenvalue weighted by molar-refractivity contribution is -0.152. The fourth-order valence-corrected chi connectivity index (χ4v) is 2.27. The number of anilines is 1. The van der Waals surface area contributed by atoms with Crippen LogP contribution in [0.15, 0.2) is 23.1 Å². The lowest BCUT2D eigenvalue weighted by Gasteiger charge is -2.13. The number of thioether (sulfide) groups is 1. The molecule has 0 aliphatic rings. The minimum atomic E-state index is -4.47. The zero-order valence-corrected chi connectivity index (χ0v) is 9.90. The van der Waals surface area contributed by atoms with Crippen molar-refractivity contribution >= 4 is 17.4 Å². The van der Waals surface area contributed by atoms with Gasteiger partial charge in [-0.2, -0.15) is 18.4 Å². The first-order chi connectivity index (χ1) is 7.84. The maximum absolute atomic E-state index is 12.3. The molecule has 2 N–H and O–H groups in total. The second-order valence-electron chi connectivity index (χ2n) is 3.56. The summed E-state index contributed by atoms with van der Waals surface area (Å²) in [6.07, 6.45) is -4.47. The Kier molecular flexibility index (Phi) is 4.29. The summed E-state index contributed by atoms with van der Waals surface area (Å²) in [5.74, 6) is -2.24. The Hall–Kier alpha value is -1.35. The Morgan fingerprint density at radius 2 is 2.12 bits per heavy atom. The number of nitriles is 1. The van der Waals surface area contributed by atoms with Crippen molar-refractivity contribution in [2.24, 2.45) is 5.92 Å². The molecule has 2 nitrogen and oxygen atoms in total. The average Bonchev–Trinajstić information content (AvgIpc) is 2.19. The fourth-order valence-electron chi connectivity index (χ4n) is 1.21. The molecule has 0 heterocycles. The maximum atomic E-state index is 12.3. The summed E-state index contributed by atoms with van der Waals surface area (Å²) in [7, 11) is 0. The predicted molar refractivity (Wildman–Crippen MR) is 61.5 cm³/mol. The average molecular weight is 260 g/mol. The summed E-state index contributed by atoms with van der Waals surface area (Å²) in [6.45, 7) is 1.77. The van der Waals surface area contributed by atoms with Crippen LogP contribution in [-0.4, -0.2) is 11.9 Å². The predicted octanol–water partition coefficient (Wildman–Crippen LogP) is 3.37. The molecule has 0 amide bonds. The van der Waals surface area contributed by atoms with Crippen LogP contribution < -0.4 is 5.73 Å². The molecule has 0 saturated carbocycles. The van der Waals surface area contributed by atoms with Crippen molar-refractivity contribution in [1.29, 1.82) is 5.26 Å². The number of hydrogen-bond acceptors (Lipinski definition) is 3. The number of benzene rings is 1. The largest absolute Gasteiger partial charge is 0.405 e. The topological polar surface area (TPSA) is 49.8 Å². The molecule has 1 aromatic rings. The number of nitrogens with two attached hydrogens (primary N) is 1. The Bertz CT molecular complexity index is 437. The molecule has 0 bridgehead atoms. The minimum absolute atomic E-state index is 0.301. The molecule has 1 aromatic carbocycles. The summed E-state index contributed by atoms with van der Waals surface area (Å²) in [6, 6.07) is 6.26. The molecule has 0 aliphatic carbocycles. The summed E-state index contributed by atoms with van der Waals surface area (Å²) in [5.41, 5.74) is 6.92. The third-order valence-corrected chi connectivity index (χ3v) is 3.42. The number of rotatable bonds is 3. The monoisotopic (exact) mass is 260 g/mol. The highest BCUT2D eigenvalue weighted by Crippen LogP contribution is 2.32. The van der Waals surface area contributed by atoms with Gasteiger partial charge in [0.15, 0.2) is 5.92 Å². The summed E-state index contributed by atoms with van der Waals surface area (Å²) in [4.78, 5) is 0.712. The zero-order chi connectivity index (χ0) is 13.1.